The first-order chi connectivity index (χ1) is 13.2. The lowest BCUT2D eigenvalue weighted by molar-refractivity contribution is -0.00257. The summed E-state index contributed by atoms with van der Waals surface area (Å²) >= 11 is 0. The Bertz CT molecular complexity index is 831. The van der Waals surface area contributed by atoms with E-state index in [9.17, 15) is 18.7 Å². The number of amides is 1. The van der Waals surface area contributed by atoms with Crippen LogP contribution in [0.5, 0.6) is 0 Å². The molecule has 1 saturated carbocycles. The monoisotopic (exact) mass is 392 g/mol. The van der Waals surface area contributed by atoms with E-state index in [1.54, 1.807) is 18.2 Å². The molecule has 2 aromatic rings. The average molecular weight is 392 g/mol. The van der Waals surface area contributed by atoms with Crippen LogP contribution in [-0.2, 0) is 0 Å². The highest BCUT2D eigenvalue weighted by atomic mass is 19.3. The quantitative estimate of drug-likeness (QED) is 0.702. The summed E-state index contributed by atoms with van der Waals surface area (Å²) in [5, 5.41) is 16.4. The van der Waals surface area contributed by atoms with Crippen molar-refractivity contribution < 1.29 is 18.7 Å². The van der Waals surface area contributed by atoms with E-state index in [2.05, 4.69) is 20.6 Å². The third-order valence-corrected chi connectivity index (χ3v) is 5.30. The molecule has 1 fully saturated rings. The summed E-state index contributed by atoms with van der Waals surface area (Å²) in [6.45, 7) is 3.19. The van der Waals surface area contributed by atoms with Crippen molar-refractivity contribution in [1.82, 2.24) is 15.3 Å². The topological polar surface area (TPSA) is 87.1 Å². The molecule has 0 spiro atoms. The molecule has 1 amide bonds. The SMILES string of the molecule is CC(C)(O)C1CCC(NC(=O)c2cnc3nc(NCC(F)F)ccc3c2)CC1. The minimum Gasteiger partial charge on any atom is -0.390 e. The number of nitrogens with zero attached hydrogens (tertiary/aromatic N) is 2. The molecule has 0 aliphatic heterocycles. The zero-order chi connectivity index (χ0) is 20.3. The number of fused-ring (bicyclic) bond motifs is 1. The van der Waals surface area contributed by atoms with E-state index >= 15 is 0 Å². The number of carbonyl (C=O) groups is 1. The van der Waals surface area contributed by atoms with Crippen molar-refractivity contribution in [3.63, 3.8) is 0 Å². The molecule has 0 radical (unpaired) electrons. The van der Waals surface area contributed by atoms with Crippen LogP contribution in [-0.4, -0.2) is 45.6 Å². The van der Waals surface area contributed by atoms with Gasteiger partial charge in [-0.15, -0.1) is 0 Å². The van der Waals surface area contributed by atoms with Crippen molar-refractivity contribution in [3.8, 4) is 0 Å². The van der Waals surface area contributed by atoms with E-state index in [1.165, 1.54) is 6.20 Å². The largest absolute Gasteiger partial charge is 0.390 e. The second-order valence-electron chi connectivity index (χ2n) is 7.91. The van der Waals surface area contributed by atoms with Gasteiger partial charge in [-0.1, -0.05) is 0 Å². The van der Waals surface area contributed by atoms with Crippen molar-refractivity contribution >= 4 is 22.8 Å². The Morgan fingerprint density at radius 1 is 1.29 bits per heavy atom. The van der Waals surface area contributed by atoms with Gasteiger partial charge in [-0.3, -0.25) is 4.79 Å². The number of alkyl halides is 2. The first-order valence-electron chi connectivity index (χ1n) is 9.54. The first kappa shape index (κ1) is 20.4. The second kappa shape index (κ2) is 8.34. The number of aromatic nitrogens is 2. The Hall–Kier alpha value is -2.35. The maximum atomic E-state index is 12.6. The highest BCUT2D eigenvalue weighted by Crippen LogP contribution is 2.32. The fraction of sp³-hybridized carbons (Fsp3) is 0.550. The number of hydrogen-bond donors (Lipinski definition) is 3. The second-order valence-corrected chi connectivity index (χ2v) is 7.91. The molecule has 0 unspecified atom stereocenters. The lowest BCUT2D eigenvalue weighted by atomic mass is 9.77. The molecule has 6 nitrogen and oxygen atoms in total. The highest BCUT2D eigenvalue weighted by molar-refractivity contribution is 5.97. The van der Waals surface area contributed by atoms with Gasteiger partial charge in [-0.05, 0) is 63.6 Å². The van der Waals surface area contributed by atoms with E-state index in [4.69, 9.17) is 0 Å². The van der Waals surface area contributed by atoms with Crippen molar-refractivity contribution in [2.45, 2.75) is 57.6 Å². The number of aliphatic hydroxyl groups is 1. The van der Waals surface area contributed by atoms with Crippen LogP contribution in [0.4, 0.5) is 14.6 Å². The van der Waals surface area contributed by atoms with Gasteiger partial charge >= 0.3 is 0 Å². The summed E-state index contributed by atoms with van der Waals surface area (Å²) in [7, 11) is 0. The number of hydrogen-bond acceptors (Lipinski definition) is 5. The summed E-state index contributed by atoms with van der Waals surface area (Å²) in [5.74, 6) is 0.379. The molecule has 3 rings (SSSR count). The summed E-state index contributed by atoms with van der Waals surface area (Å²) in [4.78, 5) is 20.9. The third kappa shape index (κ3) is 5.13. The lowest BCUT2D eigenvalue weighted by Gasteiger charge is -2.36. The highest BCUT2D eigenvalue weighted by Gasteiger charge is 2.31. The van der Waals surface area contributed by atoms with Crippen LogP contribution < -0.4 is 10.6 Å². The minimum absolute atomic E-state index is 0.0841. The molecule has 2 heterocycles. The maximum Gasteiger partial charge on any atom is 0.255 e. The summed E-state index contributed by atoms with van der Waals surface area (Å²) in [6.07, 6.45) is 2.41. The van der Waals surface area contributed by atoms with Gasteiger partial charge in [0.15, 0.2) is 5.65 Å². The van der Waals surface area contributed by atoms with E-state index in [-0.39, 0.29) is 17.9 Å². The average Bonchev–Trinajstić information content (AvgIpc) is 2.65. The molecule has 1 aliphatic rings. The van der Waals surface area contributed by atoms with Gasteiger partial charge in [0, 0.05) is 17.6 Å². The minimum atomic E-state index is -2.46. The number of halogens is 2. The number of anilines is 1. The van der Waals surface area contributed by atoms with Gasteiger partial charge in [0.2, 0.25) is 0 Å². The molecule has 1 aliphatic carbocycles. The van der Waals surface area contributed by atoms with Crippen LogP contribution >= 0.6 is 0 Å². The Morgan fingerprint density at radius 2 is 2.00 bits per heavy atom. The predicted molar refractivity (Wildman–Crippen MR) is 104 cm³/mol. The summed E-state index contributed by atoms with van der Waals surface area (Å²) in [6, 6.07) is 5.07. The molecule has 0 saturated heterocycles. The number of rotatable bonds is 6. The van der Waals surface area contributed by atoms with Crippen LogP contribution in [0, 0.1) is 5.92 Å². The van der Waals surface area contributed by atoms with Crippen molar-refractivity contribution in [2.75, 3.05) is 11.9 Å². The fourth-order valence-corrected chi connectivity index (χ4v) is 3.63. The Kier molecular flexibility index (Phi) is 6.07. The predicted octanol–water partition coefficient (Wildman–Crippen LogP) is 3.37. The standard InChI is InChI=1S/C20H26F2N4O2/c1-20(2,28)14-4-6-15(7-5-14)25-19(27)13-9-12-3-8-17(23-11-16(21)22)26-18(12)24-10-13/h3,8-10,14-16,28H,4-7,11H2,1-2H3,(H,25,27)(H,23,24,26). The molecule has 0 atom stereocenters. The van der Waals surface area contributed by atoms with Gasteiger partial charge in [0.05, 0.1) is 17.7 Å². The summed E-state index contributed by atoms with van der Waals surface area (Å²) < 4.78 is 24.6. The molecule has 28 heavy (non-hydrogen) atoms. The van der Waals surface area contributed by atoms with Crippen LogP contribution in [0.15, 0.2) is 24.4 Å². The van der Waals surface area contributed by atoms with Crippen molar-refractivity contribution in [1.29, 1.82) is 0 Å². The van der Waals surface area contributed by atoms with E-state index in [0.29, 0.717) is 22.4 Å². The van der Waals surface area contributed by atoms with Gasteiger partial charge in [-0.25, -0.2) is 18.7 Å². The fourth-order valence-electron chi connectivity index (χ4n) is 3.63. The number of carbonyl (C=O) groups excluding carboxylic acids is 1. The van der Waals surface area contributed by atoms with Crippen molar-refractivity contribution in [3.05, 3.63) is 30.0 Å². The van der Waals surface area contributed by atoms with Gasteiger partial charge in [0.1, 0.15) is 5.82 Å². The zero-order valence-corrected chi connectivity index (χ0v) is 16.1. The van der Waals surface area contributed by atoms with Crippen LogP contribution in [0.25, 0.3) is 11.0 Å². The smallest absolute Gasteiger partial charge is 0.255 e. The molecular formula is C20H26F2N4O2. The molecule has 8 heteroatoms. The number of nitrogens with one attached hydrogen (secondary N) is 2. The lowest BCUT2D eigenvalue weighted by Crippen LogP contribution is -2.41. The van der Waals surface area contributed by atoms with E-state index in [0.717, 1.165) is 25.7 Å². The van der Waals surface area contributed by atoms with E-state index < -0.39 is 18.6 Å². The molecule has 0 aromatic carbocycles. The van der Waals surface area contributed by atoms with Gasteiger partial charge in [-0.2, -0.15) is 0 Å². The Morgan fingerprint density at radius 3 is 2.64 bits per heavy atom. The van der Waals surface area contributed by atoms with Crippen LogP contribution in [0.1, 0.15) is 49.9 Å². The molecule has 3 N–H and O–H groups in total. The van der Waals surface area contributed by atoms with Gasteiger partial charge in [0.25, 0.3) is 12.3 Å². The Balaban J connectivity index is 1.62. The Labute approximate surface area is 162 Å². The molecular weight excluding hydrogens is 366 g/mol. The normalized spacial score (nSPS) is 20.4. The third-order valence-electron chi connectivity index (χ3n) is 5.30. The van der Waals surface area contributed by atoms with Crippen LogP contribution in [0.3, 0.4) is 0 Å². The van der Waals surface area contributed by atoms with E-state index in [1.807, 2.05) is 13.8 Å². The summed E-state index contributed by atoms with van der Waals surface area (Å²) in [5.41, 5.74) is 0.140. The molecule has 2 aromatic heterocycles. The maximum absolute atomic E-state index is 12.6. The van der Waals surface area contributed by atoms with Crippen LogP contribution in [0.2, 0.25) is 0 Å². The first-order valence-corrected chi connectivity index (χ1v) is 9.54. The zero-order valence-electron chi connectivity index (χ0n) is 16.1. The molecule has 0 bridgehead atoms. The van der Waals surface area contributed by atoms with Gasteiger partial charge < -0.3 is 15.7 Å². The molecule has 152 valence electrons. The van der Waals surface area contributed by atoms with Crippen molar-refractivity contribution in [2.24, 2.45) is 5.92 Å². The number of pyridine rings is 2.